The Morgan fingerprint density at radius 2 is 2.18 bits per heavy atom. The Morgan fingerprint density at radius 3 is 2.71 bits per heavy atom. The van der Waals surface area contributed by atoms with E-state index in [1.54, 1.807) is 0 Å². The number of nitro benzene ring substituents is 1. The van der Waals surface area contributed by atoms with Gasteiger partial charge in [0.15, 0.2) is 0 Å². The third-order valence-corrected chi connectivity index (χ3v) is 2.14. The molecule has 0 aliphatic rings. The minimum atomic E-state index is -0.574. The quantitative estimate of drug-likeness (QED) is 0.161. The van der Waals surface area contributed by atoms with E-state index in [1.165, 1.54) is 25.2 Å². The maximum absolute atomic E-state index is 10.5. The van der Waals surface area contributed by atoms with Gasteiger partial charge in [-0.05, 0) is 6.07 Å². The molecule has 0 aromatic heterocycles. The van der Waals surface area contributed by atoms with Gasteiger partial charge in [-0.15, -0.1) is 0 Å². The van der Waals surface area contributed by atoms with E-state index in [-0.39, 0.29) is 40.1 Å². The number of nitro groups is 1. The fraction of sp³-hybridized carbons (Fsp3) is 0.143. The molecule has 0 aliphatic heterocycles. The van der Waals surface area contributed by atoms with Crippen LogP contribution in [0.3, 0.4) is 0 Å². The van der Waals surface area contributed by atoms with Crippen molar-refractivity contribution in [3.63, 3.8) is 0 Å². The molecule has 1 aromatic carbocycles. The van der Waals surface area contributed by atoms with Gasteiger partial charge in [-0.2, -0.15) is 14.6 Å². The van der Waals surface area contributed by atoms with Gasteiger partial charge in [0.1, 0.15) is 5.69 Å². The van der Waals surface area contributed by atoms with Gasteiger partial charge in [-0.1, -0.05) is 0 Å². The van der Waals surface area contributed by atoms with Crippen molar-refractivity contribution in [3.8, 4) is 0 Å². The number of rotatable bonds is 5. The molecule has 0 N–H and O–H groups in total. The van der Waals surface area contributed by atoms with Gasteiger partial charge in [-0.3, -0.25) is 15.2 Å². The summed E-state index contributed by atoms with van der Waals surface area (Å²) in [5.41, 5.74) is 0.196. The maximum atomic E-state index is 10.5. The van der Waals surface area contributed by atoms with Crippen LogP contribution in [0, 0.1) is 10.1 Å². The van der Waals surface area contributed by atoms with Gasteiger partial charge < -0.3 is 5.26 Å². The topological polar surface area (TPSA) is 109 Å². The molecule has 10 heteroatoms. The summed E-state index contributed by atoms with van der Waals surface area (Å²) >= 11 is 0.526. The van der Waals surface area contributed by atoms with Gasteiger partial charge >= 0.3 is 29.6 Å². The second-order valence-electron chi connectivity index (χ2n) is 2.43. The van der Waals surface area contributed by atoms with E-state index in [0.717, 1.165) is 0 Å². The molecule has 0 bridgehead atoms. The summed E-state index contributed by atoms with van der Waals surface area (Å²) in [5, 5.41) is 30.5. The first-order valence-electron chi connectivity index (χ1n) is 3.90. The molecule has 1 rings (SSSR count). The monoisotopic (exact) mass is 267 g/mol. The van der Waals surface area contributed by atoms with Crippen molar-refractivity contribution in [2.24, 2.45) is 10.2 Å². The van der Waals surface area contributed by atoms with Gasteiger partial charge in [-0.25, -0.2) is 0 Å². The fourth-order valence-corrected chi connectivity index (χ4v) is 1.39. The number of hydrogen-bond donors (Lipinski definition) is 0. The molecule has 0 radical (unpaired) electrons. The molecule has 0 spiro atoms. The zero-order chi connectivity index (χ0) is 12.0. The van der Waals surface area contributed by atoms with E-state index in [2.05, 4.69) is 19.6 Å². The maximum Gasteiger partial charge on any atom is 1.00 e. The second kappa shape index (κ2) is 8.53. The molecular formula is C7H6N3NaO5S. The first-order valence-corrected chi connectivity index (χ1v) is 4.64. The normalized spacial score (nSPS) is 10.2. The smallest absolute Gasteiger partial charge is 0.691 e. The molecule has 0 atom stereocenters. The minimum Gasteiger partial charge on any atom is -0.691 e. The van der Waals surface area contributed by atoms with E-state index in [0.29, 0.717) is 17.7 Å². The van der Waals surface area contributed by atoms with E-state index >= 15 is 0 Å². The minimum absolute atomic E-state index is 0. The number of benzene rings is 1. The Morgan fingerprint density at radius 1 is 1.47 bits per heavy atom. The average molecular weight is 267 g/mol. The predicted octanol–water partition coefficient (Wildman–Crippen LogP) is -1.46. The molecule has 0 unspecified atom stereocenters. The Labute approximate surface area is 123 Å². The molecule has 17 heavy (non-hydrogen) atoms. The van der Waals surface area contributed by atoms with Crippen LogP contribution >= 0.6 is 12.0 Å². The van der Waals surface area contributed by atoms with Crippen LogP contribution in [0.25, 0.3) is 0 Å². The van der Waals surface area contributed by atoms with Crippen LogP contribution in [0.5, 0.6) is 0 Å². The van der Waals surface area contributed by atoms with Gasteiger partial charge in [0.2, 0.25) is 0 Å². The molecule has 0 saturated carbocycles. The molecule has 0 aliphatic carbocycles. The van der Waals surface area contributed by atoms with Crippen LogP contribution in [-0.2, 0) is 9.37 Å². The van der Waals surface area contributed by atoms with E-state index < -0.39 is 4.92 Å². The summed E-state index contributed by atoms with van der Waals surface area (Å²) < 4.78 is 4.08. The standard InChI is InChI=1S/C7H7N3O5S.Na/c1-8-9-6-3-2-5(10(11)12)4-7(6)16-15-14-13;/h2-4,13H,1H3;/q;+1/p-1. The number of hydrogen-bond acceptors (Lipinski definition) is 8. The van der Waals surface area contributed by atoms with Crippen molar-refractivity contribution in [1.29, 1.82) is 0 Å². The molecule has 8 nitrogen and oxygen atoms in total. The number of azo groups is 1. The Bertz CT molecular complexity index is 416. The largest absolute Gasteiger partial charge is 1.00 e. The summed E-state index contributed by atoms with van der Waals surface area (Å²) in [4.78, 5) is 10.2. The van der Waals surface area contributed by atoms with Crippen molar-refractivity contribution in [3.05, 3.63) is 28.3 Å². The molecule has 0 saturated heterocycles. The van der Waals surface area contributed by atoms with Crippen LogP contribution in [-0.4, -0.2) is 12.0 Å². The number of nitrogens with zero attached hydrogens (tertiary/aromatic N) is 3. The molecule has 0 heterocycles. The van der Waals surface area contributed by atoms with E-state index in [9.17, 15) is 15.4 Å². The predicted molar refractivity (Wildman–Crippen MR) is 51.6 cm³/mol. The zero-order valence-corrected chi connectivity index (χ0v) is 11.8. The molecule has 86 valence electrons. The summed E-state index contributed by atoms with van der Waals surface area (Å²) in [6.45, 7) is 0. The summed E-state index contributed by atoms with van der Waals surface area (Å²) in [6, 6.07) is 3.86. The van der Waals surface area contributed by atoms with Crippen molar-refractivity contribution >= 4 is 23.4 Å². The SMILES string of the molecule is CN=Nc1ccc([N+](=O)[O-])cc1SOO[O-].[Na+]. The van der Waals surface area contributed by atoms with Gasteiger partial charge in [0.25, 0.3) is 5.69 Å². The van der Waals surface area contributed by atoms with Crippen LogP contribution in [0.2, 0.25) is 0 Å². The molecule has 1 aromatic rings. The van der Waals surface area contributed by atoms with E-state index in [4.69, 9.17) is 0 Å². The first-order chi connectivity index (χ1) is 7.69. The molecule has 0 fully saturated rings. The van der Waals surface area contributed by atoms with Crippen molar-refractivity contribution < 1.29 is 49.1 Å². The summed E-state index contributed by atoms with van der Waals surface area (Å²) in [7, 11) is 1.45. The Hall–Kier alpha value is -0.550. The third kappa shape index (κ3) is 5.08. The number of non-ortho nitro benzene ring substituents is 1. The van der Waals surface area contributed by atoms with Crippen LogP contribution in [0.4, 0.5) is 11.4 Å². The van der Waals surface area contributed by atoms with Crippen LogP contribution in [0.15, 0.2) is 33.3 Å². The third-order valence-electron chi connectivity index (χ3n) is 1.51. The zero-order valence-electron chi connectivity index (χ0n) is 9.02. The summed E-state index contributed by atoms with van der Waals surface area (Å²) in [5.74, 6) is 0. The average Bonchev–Trinajstić information content (AvgIpc) is 2.27. The van der Waals surface area contributed by atoms with Crippen LogP contribution in [0.1, 0.15) is 0 Å². The first kappa shape index (κ1) is 16.4. The van der Waals surface area contributed by atoms with E-state index in [1.807, 2.05) is 0 Å². The van der Waals surface area contributed by atoms with Crippen LogP contribution < -0.4 is 34.8 Å². The molecular weight excluding hydrogens is 261 g/mol. The Kier molecular flexibility index (Phi) is 8.25. The molecule has 0 amide bonds. The van der Waals surface area contributed by atoms with Gasteiger partial charge in [0.05, 0.1) is 21.9 Å². The van der Waals surface area contributed by atoms with Crippen molar-refractivity contribution in [2.45, 2.75) is 4.90 Å². The van der Waals surface area contributed by atoms with Crippen molar-refractivity contribution in [1.82, 2.24) is 0 Å². The van der Waals surface area contributed by atoms with Gasteiger partial charge in [0, 0.05) is 19.2 Å². The summed E-state index contributed by atoms with van der Waals surface area (Å²) in [6.07, 6.45) is 0. The second-order valence-corrected chi connectivity index (χ2v) is 3.17. The Balaban J connectivity index is 0.00000256. The fourth-order valence-electron chi connectivity index (χ4n) is 0.924. The van der Waals surface area contributed by atoms with Crippen molar-refractivity contribution in [2.75, 3.05) is 7.05 Å².